The Labute approximate surface area is 231 Å². The molecule has 2 heteroatoms. The Kier molecular flexibility index (Phi) is 4.22. The number of aromatic nitrogens is 2. The van der Waals surface area contributed by atoms with Crippen molar-refractivity contribution in [1.82, 2.24) is 8.80 Å². The summed E-state index contributed by atoms with van der Waals surface area (Å²) >= 11 is 0. The van der Waals surface area contributed by atoms with Crippen LogP contribution in [0.4, 0.5) is 0 Å². The zero-order valence-corrected chi connectivity index (χ0v) is 22.4. The number of fused-ring (bicyclic) bond motifs is 8. The molecule has 3 aromatic heterocycles. The van der Waals surface area contributed by atoms with Gasteiger partial charge in [0.05, 0.1) is 33.1 Å². The molecule has 9 aromatic rings. The molecule has 40 heavy (non-hydrogen) atoms. The minimum absolute atomic E-state index is 1.24. The largest absolute Gasteiger partial charge is 0.305 e. The smallest absolute Gasteiger partial charge is 0.0789 e. The number of nitrogens with zero attached hydrogens (tertiary/aromatic N) is 2. The molecule has 0 radical (unpaired) electrons. The van der Waals surface area contributed by atoms with Crippen molar-refractivity contribution < 1.29 is 0 Å². The van der Waals surface area contributed by atoms with Gasteiger partial charge < -0.3 is 8.80 Å². The van der Waals surface area contributed by atoms with E-state index in [1.54, 1.807) is 0 Å². The van der Waals surface area contributed by atoms with Crippen LogP contribution in [0.1, 0.15) is 11.1 Å². The van der Waals surface area contributed by atoms with Crippen LogP contribution in [0.5, 0.6) is 0 Å². The van der Waals surface area contributed by atoms with Gasteiger partial charge in [-0.1, -0.05) is 108 Å². The monoisotopic (exact) mass is 510 g/mol. The summed E-state index contributed by atoms with van der Waals surface area (Å²) in [6, 6.07) is 44.9. The van der Waals surface area contributed by atoms with Crippen molar-refractivity contribution in [2.45, 2.75) is 13.8 Å². The summed E-state index contributed by atoms with van der Waals surface area (Å²) in [6.07, 6.45) is 0. The van der Waals surface area contributed by atoms with Gasteiger partial charge >= 0.3 is 0 Å². The maximum Gasteiger partial charge on any atom is 0.0789 e. The molecule has 188 valence electrons. The number of rotatable bonds is 2. The van der Waals surface area contributed by atoms with Gasteiger partial charge in [0.2, 0.25) is 0 Å². The van der Waals surface area contributed by atoms with E-state index in [-0.39, 0.29) is 0 Å². The molecule has 0 unspecified atom stereocenters. The Morgan fingerprint density at radius 3 is 1.30 bits per heavy atom. The molecule has 0 amide bonds. The zero-order chi connectivity index (χ0) is 26.5. The third-order valence-electron chi connectivity index (χ3n) is 8.73. The van der Waals surface area contributed by atoms with Gasteiger partial charge in [-0.15, -0.1) is 0 Å². The van der Waals surface area contributed by atoms with Crippen LogP contribution in [0, 0.1) is 13.8 Å². The van der Waals surface area contributed by atoms with Crippen molar-refractivity contribution in [3.63, 3.8) is 0 Å². The lowest BCUT2D eigenvalue weighted by Gasteiger charge is -2.15. The van der Waals surface area contributed by atoms with Crippen LogP contribution in [0.25, 0.3) is 76.9 Å². The second kappa shape index (κ2) is 7.74. The van der Waals surface area contributed by atoms with E-state index in [0.717, 1.165) is 0 Å². The summed E-state index contributed by atoms with van der Waals surface area (Å²) < 4.78 is 5.03. The van der Waals surface area contributed by atoms with E-state index in [0.29, 0.717) is 0 Å². The van der Waals surface area contributed by atoms with Gasteiger partial charge in [-0.2, -0.15) is 0 Å². The van der Waals surface area contributed by atoms with Crippen molar-refractivity contribution >= 4 is 54.6 Å². The lowest BCUT2D eigenvalue weighted by Crippen LogP contribution is -1.98. The first-order valence-corrected chi connectivity index (χ1v) is 14.0. The van der Waals surface area contributed by atoms with Crippen LogP contribution >= 0.6 is 0 Å². The van der Waals surface area contributed by atoms with E-state index in [1.165, 1.54) is 88.0 Å². The first-order chi connectivity index (χ1) is 19.7. The molecule has 0 fully saturated rings. The fourth-order valence-corrected chi connectivity index (χ4v) is 7.13. The molecule has 0 aliphatic carbocycles. The summed E-state index contributed by atoms with van der Waals surface area (Å²) in [4.78, 5) is 0. The van der Waals surface area contributed by atoms with E-state index >= 15 is 0 Å². The van der Waals surface area contributed by atoms with E-state index in [1.807, 2.05) is 0 Å². The zero-order valence-electron chi connectivity index (χ0n) is 22.4. The Hall–Kier alpha value is -5.08. The van der Waals surface area contributed by atoms with Crippen molar-refractivity contribution in [2.75, 3.05) is 0 Å². The SMILES string of the molecule is Cc1cccc(-c2ccc3c4c2c2ccccc2n4c2ccc(-c4cccc(C)c4)c4c5ccccc5n3c42)c1. The second-order valence-corrected chi connectivity index (χ2v) is 11.2. The van der Waals surface area contributed by atoms with Crippen LogP contribution in [0.3, 0.4) is 0 Å². The minimum atomic E-state index is 1.24. The van der Waals surface area contributed by atoms with Gasteiger partial charge in [0.1, 0.15) is 0 Å². The average Bonchev–Trinajstić information content (AvgIpc) is 3.51. The molecule has 0 saturated carbocycles. The van der Waals surface area contributed by atoms with Gasteiger partial charge in [0, 0.05) is 21.5 Å². The fourth-order valence-electron chi connectivity index (χ4n) is 7.13. The van der Waals surface area contributed by atoms with Crippen LogP contribution in [0.15, 0.2) is 121 Å². The third kappa shape index (κ3) is 2.73. The van der Waals surface area contributed by atoms with E-state index in [4.69, 9.17) is 0 Å². The molecule has 6 aromatic carbocycles. The van der Waals surface area contributed by atoms with E-state index < -0.39 is 0 Å². The highest BCUT2D eigenvalue weighted by atomic mass is 15.0. The fraction of sp³-hybridized carbons (Fsp3) is 0.0526. The summed E-state index contributed by atoms with van der Waals surface area (Å²) in [5.41, 5.74) is 15.2. The minimum Gasteiger partial charge on any atom is -0.305 e. The summed E-state index contributed by atoms with van der Waals surface area (Å²) in [6.45, 7) is 4.35. The highest BCUT2D eigenvalue weighted by molar-refractivity contribution is 6.26. The summed E-state index contributed by atoms with van der Waals surface area (Å²) in [7, 11) is 0. The molecule has 0 atom stereocenters. The number of para-hydroxylation sites is 2. The first-order valence-electron chi connectivity index (χ1n) is 14.0. The maximum atomic E-state index is 2.51. The van der Waals surface area contributed by atoms with Gasteiger partial charge in [0.25, 0.3) is 0 Å². The Balaban J connectivity index is 1.57. The highest BCUT2D eigenvalue weighted by Crippen LogP contribution is 2.46. The van der Waals surface area contributed by atoms with Gasteiger partial charge in [-0.05, 0) is 60.4 Å². The van der Waals surface area contributed by atoms with Gasteiger partial charge in [0.15, 0.2) is 0 Å². The number of hydrogen-bond acceptors (Lipinski definition) is 0. The van der Waals surface area contributed by atoms with Crippen LogP contribution < -0.4 is 0 Å². The van der Waals surface area contributed by atoms with Crippen LogP contribution in [-0.2, 0) is 0 Å². The Morgan fingerprint density at radius 2 is 0.850 bits per heavy atom. The number of benzene rings is 6. The van der Waals surface area contributed by atoms with E-state index in [2.05, 4.69) is 144 Å². The lowest BCUT2D eigenvalue weighted by molar-refractivity contribution is 1.26. The van der Waals surface area contributed by atoms with Gasteiger partial charge in [-0.3, -0.25) is 0 Å². The summed E-state index contributed by atoms with van der Waals surface area (Å²) in [5.74, 6) is 0. The predicted molar refractivity (Wildman–Crippen MR) is 170 cm³/mol. The van der Waals surface area contributed by atoms with Crippen molar-refractivity contribution in [2.24, 2.45) is 0 Å². The molecule has 9 rings (SSSR count). The third-order valence-corrected chi connectivity index (χ3v) is 8.73. The molecule has 0 bridgehead atoms. The molecule has 0 saturated heterocycles. The van der Waals surface area contributed by atoms with Crippen molar-refractivity contribution in [1.29, 1.82) is 0 Å². The van der Waals surface area contributed by atoms with Crippen LogP contribution in [0.2, 0.25) is 0 Å². The Bertz CT molecular complexity index is 2280. The molecule has 3 heterocycles. The van der Waals surface area contributed by atoms with Crippen molar-refractivity contribution in [3.8, 4) is 22.3 Å². The van der Waals surface area contributed by atoms with E-state index in [9.17, 15) is 0 Å². The topological polar surface area (TPSA) is 8.82 Å². The second-order valence-electron chi connectivity index (χ2n) is 11.2. The molecule has 2 nitrogen and oxygen atoms in total. The van der Waals surface area contributed by atoms with Gasteiger partial charge in [-0.25, -0.2) is 0 Å². The summed E-state index contributed by atoms with van der Waals surface area (Å²) in [5, 5.41) is 5.22. The van der Waals surface area contributed by atoms with Crippen molar-refractivity contribution in [3.05, 3.63) is 132 Å². The lowest BCUT2D eigenvalue weighted by atomic mass is 9.97. The molecular weight excluding hydrogens is 484 g/mol. The predicted octanol–water partition coefficient (Wildman–Crippen LogP) is 10.2. The normalized spacial score (nSPS) is 12.2. The molecule has 0 spiro atoms. The highest BCUT2D eigenvalue weighted by Gasteiger charge is 2.24. The molecular formula is C38H26N2. The molecule has 0 N–H and O–H groups in total. The standard InChI is InChI=1S/C38H26N2/c1-23-9-7-11-25(21-23)27-17-19-33-37-35(27)29-13-3-5-15-31(29)39(37)34-20-18-28(26-12-8-10-24(2)22-26)36-30-14-4-6-16-32(30)40(33)38(34)36/h3-22H,1-2H3. The van der Waals surface area contributed by atoms with Crippen LogP contribution in [-0.4, -0.2) is 8.80 Å². The molecule has 0 aliphatic rings. The molecule has 0 aliphatic heterocycles. The average molecular weight is 511 g/mol. The maximum absolute atomic E-state index is 2.51. The quantitative estimate of drug-likeness (QED) is 0.205. The Morgan fingerprint density at radius 1 is 0.400 bits per heavy atom. The number of aryl methyl sites for hydroxylation is 2. The number of hydrogen-bond donors (Lipinski definition) is 0. The first kappa shape index (κ1) is 21.8.